The van der Waals surface area contributed by atoms with E-state index in [1.165, 1.54) is 4.68 Å². The number of aromatic nitrogens is 2. The highest BCUT2D eigenvalue weighted by atomic mass is 16.4. The van der Waals surface area contributed by atoms with Crippen LogP contribution in [0, 0.1) is 13.8 Å². The van der Waals surface area contributed by atoms with Crippen molar-refractivity contribution in [2.24, 2.45) is 10.2 Å². The first-order chi connectivity index (χ1) is 14.8. The molecule has 8 nitrogen and oxygen atoms in total. The van der Waals surface area contributed by atoms with Crippen molar-refractivity contribution in [1.29, 1.82) is 0 Å². The number of aliphatic carboxylic acids is 1. The van der Waals surface area contributed by atoms with Crippen molar-refractivity contribution in [3.05, 3.63) is 75.2 Å². The molecule has 3 rings (SSSR count). The standard InChI is InChI=1S/C23H24N4O4/c1-15-6-3-4-7-18(15)11-9-17-10-12-19(20(28)14-17)24-25-22-16(2)26-27(23(22)31)13-5-8-21(29)30/h3-4,6-7,9-12,14,26,28H,5,8,13H2,1-2H3,(H,29,30)/b11-9+,25-24?. The van der Waals surface area contributed by atoms with Gasteiger partial charge in [-0.3, -0.25) is 19.4 Å². The van der Waals surface area contributed by atoms with Crippen LogP contribution in [-0.2, 0) is 11.3 Å². The Bertz CT molecular complexity index is 1200. The lowest BCUT2D eigenvalue weighted by Gasteiger charge is -2.01. The fourth-order valence-electron chi connectivity index (χ4n) is 3.05. The second-order valence-electron chi connectivity index (χ2n) is 7.18. The van der Waals surface area contributed by atoms with Gasteiger partial charge in [-0.1, -0.05) is 42.5 Å². The molecule has 1 aromatic heterocycles. The molecule has 31 heavy (non-hydrogen) atoms. The number of carboxylic acid groups (broad SMARTS) is 1. The molecular weight excluding hydrogens is 396 g/mol. The van der Waals surface area contributed by atoms with E-state index < -0.39 is 5.97 Å². The van der Waals surface area contributed by atoms with E-state index >= 15 is 0 Å². The summed E-state index contributed by atoms with van der Waals surface area (Å²) in [7, 11) is 0. The van der Waals surface area contributed by atoms with Crippen LogP contribution in [0.4, 0.5) is 11.4 Å². The van der Waals surface area contributed by atoms with Gasteiger partial charge >= 0.3 is 5.97 Å². The number of azo groups is 1. The lowest BCUT2D eigenvalue weighted by atomic mass is 10.1. The summed E-state index contributed by atoms with van der Waals surface area (Å²) in [4.78, 5) is 23.1. The number of aryl methyl sites for hydroxylation is 3. The Morgan fingerprint density at radius 1 is 1.13 bits per heavy atom. The van der Waals surface area contributed by atoms with E-state index in [9.17, 15) is 14.7 Å². The third-order valence-corrected chi connectivity index (χ3v) is 4.78. The number of aromatic amines is 1. The molecule has 0 radical (unpaired) electrons. The van der Waals surface area contributed by atoms with Gasteiger partial charge in [0.2, 0.25) is 0 Å². The number of nitrogens with one attached hydrogen (secondary N) is 1. The Hall–Kier alpha value is -3.94. The Kier molecular flexibility index (Phi) is 6.81. The number of nitrogens with zero attached hydrogens (tertiary/aromatic N) is 3. The minimum Gasteiger partial charge on any atom is -0.506 e. The zero-order valence-electron chi connectivity index (χ0n) is 17.4. The van der Waals surface area contributed by atoms with Crippen molar-refractivity contribution in [3.63, 3.8) is 0 Å². The van der Waals surface area contributed by atoms with Gasteiger partial charge in [0, 0.05) is 13.0 Å². The van der Waals surface area contributed by atoms with Gasteiger partial charge in [-0.15, -0.1) is 10.2 Å². The van der Waals surface area contributed by atoms with E-state index in [4.69, 9.17) is 5.11 Å². The lowest BCUT2D eigenvalue weighted by Crippen LogP contribution is -2.17. The average Bonchev–Trinajstić information content (AvgIpc) is 2.99. The summed E-state index contributed by atoms with van der Waals surface area (Å²) in [6.45, 7) is 3.96. The number of benzene rings is 2. The van der Waals surface area contributed by atoms with Gasteiger partial charge in [-0.2, -0.15) is 0 Å². The van der Waals surface area contributed by atoms with Crippen molar-refractivity contribution >= 4 is 29.5 Å². The molecule has 160 valence electrons. The minimum absolute atomic E-state index is 0.0279. The molecule has 8 heteroatoms. The van der Waals surface area contributed by atoms with Gasteiger partial charge in [0.1, 0.15) is 11.4 Å². The summed E-state index contributed by atoms with van der Waals surface area (Å²) in [6, 6.07) is 13.0. The third-order valence-electron chi connectivity index (χ3n) is 4.78. The molecule has 0 amide bonds. The Labute approximate surface area is 179 Å². The van der Waals surface area contributed by atoms with Crippen LogP contribution in [0.15, 0.2) is 57.5 Å². The molecule has 0 saturated heterocycles. The number of carbonyl (C=O) groups is 1. The van der Waals surface area contributed by atoms with E-state index in [0.29, 0.717) is 12.1 Å². The second-order valence-corrected chi connectivity index (χ2v) is 7.18. The first-order valence-corrected chi connectivity index (χ1v) is 9.85. The van der Waals surface area contributed by atoms with Crippen molar-refractivity contribution < 1.29 is 15.0 Å². The van der Waals surface area contributed by atoms with Crippen LogP contribution in [0.2, 0.25) is 0 Å². The van der Waals surface area contributed by atoms with Crippen molar-refractivity contribution in [1.82, 2.24) is 9.78 Å². The third kappa shape index (κ3) is 5.57. The average molecular weight is 420 g/mol. The number of carboxylic acids is 1. The first kappa shape index (κ1) is 21.8. The predicted molar refractivity (Wildman–Crippen MR) is 119 cm³/mol. The van der Waals surface area contributed by atoms with Gasteiger partial charge < -0.3 is 10.2 Å². The monoisotopic (exact) mass is 420 g/mol. The quantitative estimate of drug-likeness (QED) is 0.353. The number of H-pyrrole nitrogens is 1. The number of phenolic OH excluding ortho intramolecular Hbond substituents is 1. The molecule has 0 bridgehead atoms. The largest absolute Gasteiger partial charge is 0.506 e. The summed E-state index contributed by atoms with van der Waals surface area (Å²) in [5, 5.41) is 29.9. The molecule has 3 N–H and O–H groups in total. The molecule has 0 aliphatic heterocycles. The predicted octanol–water partition coefficient (Wildman–Crippen LogP) is 4.95. The smallest absolute Gasteiger partial charge is 0.303 e. The van der Waals surface area contributed by atoms with Crippen LogP contribution in [0.3, 0.4) is 0 Å². The van der Waals surface area contributed by atoms with Crippen molar-refractivity contribution in [2.75, 3.05) is 0 Å². The summed E-state index contributed by atoms with van der Waals surface area (Å²) in [6.07, 6.45) is 4.17. The summed E-state index contributed by atoms with van der Waals surface area (Å²) in [5.74, 6) is -0.963. The zero-order valence-corrected chi connectivity index (χ0v) is 17.4. The van der Waals surface area contributed by atoms with E-state index in [2.05, 4.69) is 15.3 Å². The molecule has 3 aromatic rings. The number of hydrogen-bond acceptors (Lipinski definition) is 5. The number of aromatic hydroxyl groups is 1. The van der Waals surface area contributed by atoms with Gasteiger partial charge in [0.25, 0.3) is 5.56 Å². The maximum Gasteiger partial charge on any atom is 0.303 e. The molecule has 1 heterocycles. The number of hydrogen-bond donors (Lipinski definition) is 3. The van der Waals surface area contributed by atoms with Gasteiger partial charge in [-0.25, -0.2) is 0 Å². The number of rotatable bonds is 8. The SMILES string of the molecule is Cc1ccccc1/C=C/c1ccc(N=Nc2c(C)[nH]n(CCCC(=O)O)c2=O)c(O)c1. The number of phenols is 1. The van der Waals surface area contributed by atoms with Crippen molar-refractivity contribution in [2.45, 2.75) is 33.2 Å². The van der Waals surface area contributed by atoms with E-state index in [1.54, 1.807) is 25.1 Å². The normalized spacial score (nSPS) is 11.5. The summed E-state index contributed by atoms with van der Waals surface area (Å²) >= 11 is 0. The van der Waals surface area contributed by atoms with Crippen LogP contribution < -0.4 is 5.56 Å². The van der Waals surface area contributed by atoms with Gasteiger partial charge in [-0.05, 0) is 49.1 Å². The lowest BCUT2D eigenvalue weighted by molar-refractivity contribution is -0.137. The molecular formula is C23H24N4O4. The summed E-state index contributed by atoms with van der Waals surface area (Å²) < 4.78 is 1.31. The molecule has 0 spiro atoms. The Morgan fingerprint density at radius 2 is 1.90 bits per heavy atom. The fraction of sp³-hybridized carbons (Fsp3) is 0.217. The van der Waals surface area contributed by atoms with Gasteiger partial charge in [0.15, 0.2) is 5.69 Å². The van der Waals surface area contributed by atoms with E-state index in [1.807, 2.05) is 43.3 Å². The van der Waals surface area contributed by atoms with Gasteiger partial charge in [0.05, 0.1) is 5.69 Å². The Balaban J connectivity index is 1.74. The Morgan fingerprint density at radius 3 is 2.61 bits per heavy atom. The highest BCUT2D eigenvalue weighted by Gasteiger charge is 2.11. The molecule has 0 saturated carbocycles. The van der Waals surface area contributed by atoms with Crippen LogP contribution in [0.5, 0.6) is 5.75 Å². The van der Waals surface area contributed by atoms with Crippen LogP contribution in [0.25, 0.3) is 12.2 Å². The fourth-order valence-corrected chi connectivity index (χ4v) is 3.05. The maximum atomic E-state index is 12.4. The first-order valence-electron chi connectivity index (χ1n) is 9.85. The van der Waals surface area contributed by atoms with Crippen LogP contribution >= 0.6 is 0 Å². The summed E-state index contributed by atoms with van der Waals surface area (Å²) in [5.41, 5.74) is 3.55. The van der Waals surface area contributed by atoms with E-state index in [-0.39, 0.29) is 35.6 Å². The maximum absolute atomic E-state index is 12.4. The molecule has 0 unspecified atom stereocenters. The highest BCUT2D eigenvalue weighted by molar-refractivity contribution is 5.73. The molecule has 0 aliphatic rings. The second kappa shape index (κ2) is 9.71. The van der Waals surface area contributed by atoms with E-state index in [0.717, 1.165) is 16.7 Å². The van der Waals surface area contributed by atoms with Crippen molar-refractivity contribution in [3.8, 4) is 5.75 Å². The topological polar surface area (TPSA) is 120 Å². The van der Waals surface area contributed by atoms with Crippen LogP contribution in [-0.4, -0.2) is 26.0 Å². The molecule has 0 fully saturated rings. The molecule has 0 aliphatic carbocycles. The molecule has 0 atom stereocenters. The zero-order chi connectivity index (χ0) is 22.4. The highest BCUT2D eigenvalue weighted by Crippen LogP contribution is 2.29. The minimum atomic E-state index is -0.913. The van der Waals surface area contributed by atoms with Crippen LogP contribution in [0.1, 0.15) is 35.2 Å². The molecule has 2 aromatic carbocycles.